The number of carbonyl (C=O) groups excluding carboxylic acids is 1. The van der Waals surface area contributed by atoms with Crippen LogP contribution in [0.25, 0.3) is 0 Å². The van der Waals surface area contributed by atoms with Crippen molar-refractivity contribution in [2.24, 2.45) is 16.6 Å². The Morgan fingerprint density at radius 2 is 2.19 bits per heavy atom. The summed E-state index contributed by atoms with van der Waals surface area (Å²) in [7, 11) is 0. The zero-order chi connectivity index (χ0) is 18.1. The van der Waals surface area contributed by atoms with Crippen LogP contribution in [-0.2, 0) is 6.42 Å². The maximum absolute atomic E-state index is 13.0. The van der Waals surface area contributed by atoms with Crippen LogP contribution in [0.2, 0.25) is 0 Å². The summed E-state index contributed by atoms with van der Waals surface area (Å²) in [5.74, 6) is 0.619. The average molecular weight is 370 g/mol. The van der Waals surface area contributed by atoms with E-state index in [9.17, 15) is 9.18 Å². The number of anilines is 1. The van der Waals surface area contributed by atoms with E-state index in [1.807, 2.05) is 12.1 Å². The predicted octanol–water partition coefficient (Wildman–Crippen LogP) is 3.53. The van der Waals surface area contributed by atoms with Crippen LogP contribution in [0.1, 0.15) is 40.5 Å². The molecule has 2 heterocycles. The number of pyridine rings is 1. The molecule has 0 saturated heterocycles. The van der Waals surface area contributed by atoms with Gasteiger partial charge in [-0.3, -0.25) is 9.79 Å². The standard InChI is InChI=1S/C19H19FN4OS/c20-13-5-7-16(22-9-13)18(25)23-14-6-4-11-2-1-3-12-10-26-19(21)24-17(12)15(11)8-14/h4-9,12,17H,1-3,10H2,(H2,21,24)(H,23,25)/t12-,17+/m1/s1. The van der Waals surface area contributed by atoms with Crippen LogP contribution in [0, 0.1) is 11.7 Å². The molecule has 7 heteroatoms. The molecule has 1 aliphatic heterocycles. The second-order valence-electron chi connectivity index (χ2n) is 6.60. The van der Waals surface area contributed by atoms with Crippen LogP contribution in [-0.4, -0.2) is 21.8 Å². The van der Waals surface area contributed by atoms with Gasteiger partial charge in [0.15, 0.2) is 5.17 Å². The number of carbonyl (C=O) groups is 1. The molecule has 1 aromatic carbocycles. The highest BCUT2D eigenvalue weighted by Gasteiger charge is 2.31. The normalized spacial score (nSPS) is 21.8. The number of benzene rings is 1. The Kier molecular flexibility index (Phi) is 4.63. The average Bonchev–Trinajstić information content (AvgIpc) is 2.81. The highest BCUT2D eigenvalue weighted by Crippen LogP contribution is 2.41. The molecule has 2 atom stereocenters. The lowest BCUT2D eigenvalue weighted by molar-refractivity contribution is 0.102. The van der Waals surface area contributed by atoms with Gasteiger partial charge < -0.3 is 11.1 Å². The van der Waals surface area contributed by atoms with Crippen LogP contribution in [0.15, 0.2) is 41.5 Å². The van der Waals surface area contributed by atoms with E-state index in [2.05, 4.69) is 21.4 Å². The summed E-state index contributed by atoms with van der Waals surface area (Å²) in [5.41, 5.74) is 9.23. The molecule has 134 valence electrons. The molecule has 2 aromatic rings. The fraction of sp³-hybridized carbons (Fsp3) is 0.316. The summed E-state index contributed by atoms with van der Waals surface area (Å²) in [6.07, 6.45) is 4.31. The number of amidine groups is 1. The number of aryl methyl sites for hydroxylation is 1. The Labute approximate surface area is 155 Å². The predicted molar refractivity (Wildman–Crippen MR) is 102 cm³/mol. The van der Waals surface area contributed by atoms with Crippen LogP contribution < -0.4 is 11.1 Å². The molecule has 0 fully saturated rings. The Morgan fingerprint density at radius 1 is 1.31 bits per heavy atom. The van der Waals surface area contributed by atoms with E-state index in [1.54, 1.807) is 11.8 Å². The number of nitrogens with one attached hydrogen (secondary N) is 1. The first-order valence-electron chi connectivity index (χ1n) is 8.62. The zero-order valence-corrected chi connectivity index (χ0v) is 14.9. The van der Waals surface area contributed by atoms with Crippen molar-refractivity contribution in [1.29, 1.82) is 0 Å². The lowest BCUT2D eigenvalue weighted by Crippen LogP contribution is -2.24. The molecule has 26 heavy (non-hydrogen) atoms. The van der Waals surface area contributed by atoms with Gasteiger partial charge in [0.1, 0.15) is 11.5 Å². The molecule has 0 bridgehead atoms. The van der Waals surface area contributed by atoms with Gasteiger partial charge >= 0.3 is 0 Å². The number of aromatic nitrogens is 1. The SMILES string of the molecule is NC1=N[C@@H]2c3cc(NC(=O)c4ccc(F)cn4)ccc3CCC[C@@H]2CS1. The second-order valence-corrected chi connectivity index (χ2v) is 7.65. The highest BCUT2D eigenvalue weighted by atomic mass is 32.2. The van der Waals surface area contributed by atoms with Crippen molar-refractivity contribution in [3.8, 4) is 0 Å². The van der Waals surface area contributed by atoms with E-state index >= 15 is 0 Å². The number of fused-ring (bicyclic) bond motifs is 3. The number of thioether (sulfide) groups is 1. The van der Waals surface area contributed by atoms with Gasteiger partial charge in [0.25, 0.3) is 5.91 Å². The summed E-state index contributed by atoms with van der Waals surface area (Å²) < 4.78 is 13.0. The maximum Gasteiger partial charge on any atom is 0.274 e. The quantitative estimate of drug-likeness (QED) is 0.847. The maximum atomic E-state index is 13.0. The number of aliphatic imine (C=N–C) groups is 1. The fourth-order valence-corrected chi connectivity index (χ4v) is 4.49. The van der Waals surface area contributed by atoms with Gasteiger partial charge in [0.2, 0.25) is 0 Å². The molecule has 0 spiro atoms. The summed E-state index contributed by atoms with van der Waals surface area (Å²) in [4.78, 5) is 20.9. The molecule has 4 rings (SSSR count). The van der Waals surface area contributed by atoms with E-state index in [4.69, 9.17) is 5.73 Å². The molecular formula is C19H19FN4OS. The molecule has 0 unspecified atom stereocenters. The minimum atomic E-state index is -0.469. The molecule has 1 aliphatic carbocycles. The number of nitrogens with two attached hydrogens (primary N) is 1. The van der Waals surface area contributed by atoms with Gasteiger partial charge in [-0.25, -0.2) is 9.37 Å². The molecule has 1 aromatic heterocycles. The van der Waals surface area contributed by atoms with Gasteiger partial charge in [-0.2, -0.15) is 0 Å². The topological polar surface area (TPSA) is 80.4 Å². The molecule has 1 amide bonds. The number of rotatable bonds is 2. The van der Waals surface area contributed by atoms with Crippen LogP contribution in [0.5, 0.6) is 0 Å². The largest absolute Gasteiger partial charge is 0.379 e. The molecule has 0 radical (unpaired) electrons. The minimum absolute atomic E-state index is 0.0505. The lowest BCUT2D eigenvalue weighted by atomic mass is 9.92. The van der Waals surface area contributed by atoms with Gasteiger partial charge in [0, 0.05) is 11.4 Å². The summed E-state index contributed by atoms with van der Waals surface area (Å²) in [6.45, 7) is 0. The molecule has 5 nitrogen and oxygen atoms in total. The number of halogens is 1. The third kappa shape index (κ3) is 3.44. The van der Waals surface area contributed by atoms with Crippen molar-refractivity contribution in [1.82, 2.24) is 4.98 Å². The molecular weight excluding hydrogens is 351 g/mol. The van der Waals surface area contributed by atoms with Crippen molar-refractivity contribution >= 4 is 28.5 Å². The van der Waals surface area contributed by atoms with E-state index in [1.165, 1.54) is 17.7 Å². The van der Waals surface area contributed by atoms with Gasteiger partial charge in [0.05, 0.1) is 12.2 Å². The molecule has 3 N–H and O–H groups in total. The Hall–Kier alpha value is -2.41. The van der Waals surface area contributed by atoms with Crippen molar-refractivity contribution in [2.45, 2.75) is 25.3 Å². The van der Waals surface area contributed by atoms with Crippen LogP contribution >= 0.6 is 11.8 Å². The van der Waals surface area contributed by atoms with Gasteiger partial charge in [-0.05, 0) is 60.6 Å². The third-order valence-corrected chi connectivity index (χ3v) is 5.86. The van der Waals surface area contributed by atoms with E-state index in [0.717, 1.165) is 36.8 Å². The number of nitrogens with zero attached hydrogens (tertiary/aromatic N) is 2. The summed E-state index contributed by atoms with van der Waals surface area (Å²) >= 11 is 1.62. The van der Waals surface area contributed by atoms with Crippen molar-refractivity contribution in [3.63, 3.8) is 0 Å². The first kappa shape index (κ1) is 17.0. The van der Waals surface area contributed by atoms with Gasteiger partial charge in [-0.1, -0.05) is 17.8 Å². The van der Waals surface area contributed by atoms with E-state index < -0.39 is 5.82 Å². The smallest absolute Gasteiger partial charge is 0.274 e. The molecule has 0 saturated carbocycles. The number of hydrogen-bond acceptors (Lipinski definition) is 5. The van der Waals surface area contributed by atoms with Crippen LogP contribution in [0.3, 0.4) is 0 Å². The minimum Gasteiger partial charge on any atom is -0.379 e. The van der Waals surface area contributed by atoms with Gasteiger partial charge in [-0.15, -0.1) is 0 Å². The summed E-state index contributed by atoms with van der Waals surface area (Å²) in [6, 6.07) is 8.58. The number of amides is 1. The zero-order valence-electron chi connectivity index (χ0n) is 14.1. The lowest BCUT2D eigenvalue weighted by Gasteiger charge is -2.27. The Balaban J connectivity index is 1.62. The molecule has 2 aliphatic rings. The van der Waals surface area contributed by atoms with Crippen molar-refractivity contribution in [2.75, 3.05) is 11.1 Å². The third-order valence-electron chi connectivity index (χ3n) is 4.86. The Morgan fingerprint density at radius 3 is 3.00 bits per heavy atom. The number of hydrogen-bond donors (Lipinski definition) is 2. The first-order valence-corrected chi connectivity index (χ1v) is 9.60. The first-order chi connectivity index (χ1) is 12.6. The van der Waals surface area contributed by atoms with Crippen molar-refractivity contribution < 1.29 is 9.18 Å². The van der Waals surface area contributed by atoms with E-state index in [0.29, 0.717) is 16.8 Å². The van der Waals surface area contributed by atoms with Crippen LogP contribution in [0.4, 0.5) is 10.1 Å². The highest BCUT2D eigenvalue weighted by molar-refractivity contribution is 8.13. The Bertz CT molecular complexity index is 868. The van der Waals surface area contributed by atoms with E-state index in [-0.39, 0.29) is 17.6 Å². The fourth-order valence-electron chi connectivity index (χ4n) is 3.56. The van der Waals surface area contributed by atoms with Crippen molar-refractivity contribution in [3.05, 3.63) is 59.2 Å². The monoisotopic (exact) mass is 370 g/mol. The summed E-state index contributed by atoms with van der Waals surface area (Å²) in [5, 5.41) is 3.47. The second kappa shape index (κ2) is 7.07.